The number of rotatable bonds is 8. The van der Waals surface area contributed by atoms with E-state index in [2.05, 4.69) is 10.3 Å². The van der Waals surface area contributed by atoms with Gasteiger partial charge < -0.3 is 19.8 Å². The van der Waals surface area contributed by atoms with E-state index in [0.29, 0.717) is 23.4 Å². The van der Waals surface area contributed by atoms with Gasteiger partial charge in [-0.15, -0.1) is 11.8 Å². The molecule has 268 valence electrons. The first-order valence-corrected chi connectivity index (χ1v) is 18.4. The summed E-state index contributed by atoms with van der Waals surface area (Å²) in [6.45, 7) is 1.38. The number of carbonyl (C=O) groups excluding carboxylic acids is 4. The van der Waals surface area contributed by atoms with E-state index >= 15 is 0 Å². The normalized spacial score (nSPS) is 25.8. The number of hydrogen-bond acceptors (Lipinski definition) is 9. The third-order valence-electron chi connectivity index (χ3n) is 10.5. The standard InChI is InChI=1S/C37H30F3N3O7S2/c1-2-49-35(47)17-10-12-19(13-11-17)43-33(45)28-21-15-22(29(28)34(43)46)30-27(21)26(31-32(51-30)42-36(48)52-31)18-6-5-7-20(14-18)50-16-25(44)41-24-9-4-3-8-23(24)37(38,39)40/h3-14,21-22,26-30H,2,15-16H2,1H3,(H,41,44)(H,42,48)/t21-,22-,26+,27-,28+,29+,30-/m1/s1. The van der Waals surface area contributed by atoms with Gasteiger partial charge in [0, 0.05) is 16.0 Å². The van der Waals surface area contributed by atoms with E-state index in [1.54, 1.807) is 49.0 Å². The molecular weight excluding hydrogens is 720 g/mol. The van der Waals surface area contributed by atoms with Crippen LogP contribution in [-0.2, 0) is 25.3 Å². The van der Waals surface area contributed by atoms with Gasteiger partial charge in [0.1, 0.15) is 5.75 Å². The van der Waals surface area contributed by atoms with Crippen LogP contribution in [0.4, 0.5) is 24.5 Å². The van der Waals surface area contributed by atoms with E-state index in [0.717, 1.165) is 32.9 Å². The Balaban J connectivity index is 1.05. The van der Waals surface area contributed by atoms with Crippen molar-refractivity contribution >= 4 is 58.2 Å². The summed E-state index contributed by atoms with van der Waals surface area (Å²) >= 11 is 2.65. The Labute approximate surface area is 302 Å². The van der Waals surface area contributed by atoms with Gasteiger partial charge in [-0.3, -0.25) is 24.1 Å². The minimum Gasteiger partial charge on any atom is -0.484 e. The quantitative estimate of drug-likeness (QED) is 0.158. The van der Waals surface area contributed by atoms with Crippen LogP contribution in [0, 0.1) is 29.6 Å². The third-order valence-corrected chi connectivity index (χ3v) is 13.0. The highest BCUT2D eigenvalue weighted by Gasteiger charge is 2.69. The van der Waals surface area contributed by atoms with E-state index in [4.69, 9.17) is 9.47 Å². The maximum absolute atomic E-state index is 14.1. The van der Waals surface area contributed by atoms with E-state index in [-0.39, 0.29) is 57.9 Å². The van der Waals surface area contributed by atoms with Crippen LogP contribution in [0.25, 0.3) is 0 Å². The second kappa shape index (κ2) is 13.0. The molecule has 10 nitrogen and oxygen atoms in total. The number of nitrogens with zero attached hydrogens (tertiary/aromatic N) is 1. The van der Waals surface area contributed by atoms with E-state index in [1.807, 2.05) is 6.07 Å². The summed E-state index contributed by atoms with van der Waals surface area (Å²) in [6, 6.07) is 17.9. The lowest BCUT2D eigenvalue weighted by Crippen LogP contribution is -2.42. The lowest BCUT2D eigenvalue weighted by Gasteiger charge is -2.43. The number of carbonyl (C=O) groups is 4. The van der Waals surface area contributed by atoms with Crippen LogP contribution in [0.1, 0.15) is 45.6 Å². The Morgan fingerprint density at radius 2 is 1.69 bits per heavy atom. The van der Waals surface area contributed by atoms with Crippen molar-refractivity contribution in [2.75, 3.05) is 23.4 Å². The zero-order valence-electron chi connectivity index (χ0n) is 27.3. The number of halogens is 3. The van der Waals surface area contributed by atoms with E-state index in [1.165, 1.54) is 35.2 Å². The van der Waals surface area contributed by atoms with Gasteiger partial charge >= 0.3 is 17.0 Å². The van der Waals surface area contributed by atoms with Crippen molar-refractivity contribution in [3.63, 3.8) is 0 Å². The molecule has 7 atom stereocenters. The largest absolute Gasteiger partial charge is 0.484 e. The average Bonchev–Trinajstić information content (AvgIpc) is 3.86. The van der Waals surface area contributed by atoms with Crippen LogP contribution in [-0.4, -0.2) is 47.1 Å². The Morgan fingerprint density at radius 1 is 0.962 bits per heavy atom. The van der Waals surface area contributed by atoms with Crippen LogP contribution in [0.15, 0.2) is 82.6 Å². The van der Waals surface area contributed by atoms with Crippen molar-refractivity contribution in [1.29, 1.82) is 0 Å². The Morgan fingerprint density at radius 3 is 2.42 bits per heavy atom. The van der Waals surface area contributed by atoms with Gasteiger partial charge in [-0.1, -0.05) is 35.6 Å². The molecule has 3 aromatic carbocycles. The average molecular weight is 750 g/mol. The van der Waals surface area contributed by atoms with Crippen molar-refractivity contribution in [1.82, 2.24) is 4.98 Å². The summed E-state index contributed by atoms with van der Waals surface area (Å²) in [4.78, 5) is 70.5. The second-order valence-electron chi connectivity index (χ2n) is 13.2. The summed E-state index contributed by atoms with van der Waals surface area (Å²) in [6.07, 6.45) is -3.97. The Hall–Kier alpha value is -4.89. The highest BCUT2D eigenvalue weighted by molar-refractivity contribution is 8.00. The number of fused-ring (bicyclic) bond motifs is 9. The molecule has 3 fully saturated rings. The van der Waals surface area contributed by atoms with Crippen molar-refractivity contribution in [3.05, 3.63) is 104 Å². The number of esters is 1. The predicted octanol–water partition coefficient (Wildman–Crippen LogP) is 6.33. The summed E-state index contributed by atoms with van der Waals surface area (Å²) in [5.41, 5.74) is 0.151. The molecule has 8 rings (SSSR count). The second-order valence-corrected chi connectivity index (χ2v) is 15.4. The monoisotopic (exact) mass is 749 g/mol. The highest BCUT2D eigenvalue weighted by atomic mass is 32.2. The topological polar surface area (TPSA) is 135 Å². The lowest BCUT2D eigenvalue weighted by molar-refractivity contribution is -0.137. The minimum atomic E-state index is -4.65. The molecule has 52 heavy (non-hydrogen) atoms. The first kappa shape index (κ1) is 34.2. The summed E-state index contributed by atoms with van der Waals surface area (Å²) in [5, 5.41) is 2.93. The molecule has 0 radical (unpaired) electrons. The number of H-pyrrole nitrogens is 1. The van der Waals surface area contributed by atoms with Crippen molar-refractivity contribution in [2.45, 2.75) is 35.7 Å². The van der Waals surface area contributed by atoms with Crippen LogP contribution in [0.5, 0.6) is 5.75 Å². The van der Waals surface area contributed by atoms with Gasteiger partial charge in [0.25, 0.3) is 5.91 Å². The number of thioether (sulfide) groups is 1. The van der Waals surface area contributed by atoms with Crippen molar-refractivity contribution in [2.24, 2.45) is 29.6 Å². The maximum atomic E-state index is 14.1. The van der Waals surface area contributed by atoms with Gasteiger partial charge in [0.05, 0.1) is 46.0 Å². The molecule has 3 heterocycles. The number of thiazole rings is 1. The smallest absolute Gasteiger partial charge is 0.418 e. The number of hydrogen-bond donors (Lipinski definition) is 2. The maximum Gasteiger partial charge on any atom is 0.418 e. The molecule has 3 amide bonds. The molecule has 2 saturated carbocycles. The molecule has 0 spiro atoms. The highest BCUT2D eigenvalue weighted by Crippen LogP contribution is 2.68. The Kier molecular flexibility index (Phi) is 8.52. The molecule has 1 saturated heterocycles. The van der Waals surface area contributed by atoms with Gasteiger partial charge in [-0.05, 0) is 85.2 Å². The number of imide groups is 1. The fourth-order valence-electron chi connectivity index (χ4n) is 8.58. The molecule has 0 unspecified atom stereocenters. The number of nitrogens with one attached hydrogen (secondary N) is 2. The van der Waals surface area contributed by atoms with Gasteiger partial charge in [0.2, 0.25) is 11.8 Å². The summed E-state index contributed by atoms with van der Waals surface area (Å²) < 4.78 is 51.1. The number of para-hydroxylation sites is 1. The van der Waals surface area contributed by atoms with Gasteiger partial charge in [-0.2, -0.15) is 13.2 Å². The fraction of sp³-hybridized carbons (Fsp3) is 0.324. The number of amides is 3. The lowest BCUT2D eigenvalue weighted by atomic mass is 9.68. The number of alkyl halides is 3. The Bertz CT molecular complexity index is 2170. The van der Waals surface area contributed by atoms with Crippen LogP contribution in [0.2, 0.25) is 0 Å². The SMILES string of the molecule is CCOC(=O)c1ccc(N2C(=O)[C@H]3[C@H]4C[C@@H]([C@@H]3C2=O)[C@@H]2[C@H](c3cccc(OCC(=O)Nc5ccccc5C(F)(F)F)c3)c3sc(=O)[nH]c3S[C@H]42)cc1. The molecule has 2 aliphatic carbocycles. The third kappa shape index (κ3) is 5.70. The number of anilines is 2. The zero-order chi connectivity index (χ0) is 36.5. The molecule has 2 bridgehead atoms. The first-order chi connectivity index (χ1) is 24.9. The number of benzene rings is 3. The molecule has 4 aliphatic rings. The van der Waals surface area contributed by atoms with Crippen LogP contribution >= 0.6 is 23.1 Å². The van der Waals surface area contributed by atoms with Crippen LogP contribution < -0.4 is 19.8 Å². The van der Waals surface area contributed by atoms with Crippen LogP contribution in [0.3, 0.4) is 0 Å². The molecule has 15 heteroatoms. The van der Waals surface area contributed by atoms with Gasteiger partial charge in [0.15, 0.2) is 6.61 Å². The van der Waals surface area contributed by atoms with E-state index < -0.39 is 42.1 Å². The van der Waals surface area contributed by atoms with Crippen molar-refractivity contribution < 1.29 is 41.8 Å². The number of aromatic amines is 1. The molecule has 4 aromatic rings. The molecular formula is C37H30F3N3O7S2. The number of ether oxygens (including phenoxy) is 2. The predicted molar refractivity (Wildman–Crippen MR) is 185 cm³/mol. The molecule has 2 N–H and O–H groups in total. The van der Waals surface area contributed by atoms with Gasteiger partial charge in [-0.25, -0.2) is 4.79 Å². The summed E-state index contributed by atoms with van der Waals surface area (Å²) in [5.74, 6) is -3.27. The molecule has 2 aliphatic heterocycles. The van der Waals surface area contributed by atoms with E-state index in [9.17, 15) is 37.1 Å². The van der Waals surface area contributed by atoms with Crippen molar-refractivity contribution in [3.8, 4) is 5.75 Å². The number of aromatic nitrogens is 1. The first-order valence-electron chi connectivity index (χ1n) is 16.7. The molecule has 1 aromatic heterocycles. The summed E-state index contributed by atoms with van der Waals surface area (Å²) in [7, 11) is 0. The minimum absolute atomic E-state index is 0.0686. The zero-order valence-corrected chi connectivity index (χ0v) is 29.0. The fourth-order valence-corrected chi connectivity index (χ4v) is 11.5.